The molecule has 0 spiro atoms. The molecule has 40 heavy (non-hydrogen) atoms. The van der Waals surface area contributed by atoms with Crippen LogP contribution in [0.2, 0.25) is 0 Å². The summed E-state index contributed by atoms with van der Waals surface area (Å²) in [6.45, 7) is 14.3. The van der Waals surface area contributed by atoms with Gasteiger partial charge in [0.15, 0.2) is 0 Å². The van der Waals surface area contributed by atoms with Crippen molar-refractivity contribution in [3.63, 3.8) is 0 Å². The SMILES string of the molecule is CCCCP(Br)(CCCC)(CCCC)CCCCCCCCCCCCP(Br)(CCCC)(CCCC)CCCC. The molecule has 246 valence electrons. The second-order valence-electron chi connectivity index (χ2n) is 14.1. The van der Waals surface area contributed by atoms with Crippen LogP contribution in [-0.4, -0.2) is 49.3 Å². The summed E-state index contributed by atoms with van der Waals surface area (Å²) in [5, 5.41) is -3.35. The second kappa shape index (κ2) is 24.1. The van der Waals surface area contributed by atoms with Crippen LogP contribution in [-0.2, 0) is 0 Å². The van der Waals surface area contributed by atoms with Gasteiger partial charge in [0.25, 0.3) is 0 Å². The van der Waals surface area contributed by atoms with Gasteiger partial charge in [-0.15, -0.1) is 0 Å². The molecule has 0 aromatic rings. The van der Waals surface area contributed by atoms with E-state index in [2.05, 4.69) is 72.5 Å². The third-order valence-corrected chi connectivity index (χ3v) is 30.1. The van der Waals surface area contributed by atoms with Crippen molar-refractivity contribution in [2.24, 2.45) is 0 Å². The molecule has 0 heterocycles. The van der Waals surface area contributed by atoms with E-state index in [-0.39, 0.29) is 0 Å². The van der Waals surface area contributed by atoms with Gasteiger partial charge in [0.2, 0.25) is 0 Å². The zero-order chi connectivity index (χ0) is 30.1. The van der Waals surface area contributed by atoms with E-state index in [1.165, 1.54) is 191 Å². The molecule has 0 N–H and O–H groups in total. The maximum absolute atomic E-state index is 4.60. The molecule has 0 saturated heterocycles. The zero-order valence-electron chi connectivity index (χ0n) is 28.9. The van der Waals surface area contributed by atoms with Gasteiger partial charge in [-0.2, -0.15) is 0 Å². The Bertz CT molecular complexity index is 480. The summed E-state index contributed by atoms with van der Waals surface area (Å²) >= 11 is 9.20. The van der Waals surface area contributed by atoms with Crippen molar-refractivity contribution >= 4 is 41.6 Å². The summed E-state index contributed by atoms with van der Waals surface area (Å²) in [7, 11) is 0. The van der Waals surface area contributed by atoms with E-state index in [0.29, 0.717) is 0 Å². The van der Waals surface area contributed by atoms with Crippen molar-refractivity contribution in [2.45, 2.75) is 183 Å². The van der Waals surface area contributed by atoms with Crippen LogP contribution in [0.5, 0.6) is 0 Å². The van der Waals surface area contributed by atoms with Crippen LogP contribution >= 0.6 is 41.6 Å². The Morgan fingerprint density at radius 1 is 0.250 bits per heavy atom. The van der Waals surface area contributed by atoms with Crippen molar-refractivity contribution in [3.05, 3.63) is 0 Å². The summed E-state index contributed by atoms with van der Waals surface area (Å²) < 4.78 is 0. The number of unbranched alkanes of at least 4 members (excludes halogenated alkanes) is 15. The molecule has 0 saturated carbocycles. The van der Waals surface area contributed by atoms with Gasteiger partial charge in [-0.3, -0.25) is 0 Å². The summed E-state index contributed by atoms with van der Waals surface area (Å²) in [6.07, 6.45) is 43.6. The zero-order valence-corrected chi connectivity index (χ0v) is 33.8. The van der Waals surface area contributed by atoms with Gasteiger partial charge in [-0.1, -0.05) is 0 Å². The Balaban J connectivity index is 4.39. The van der Waals surface area contributed by atoms with E-state index >= 15 is 0 Å². The Morgan fingerprint density at radius 3 is 0.575 bits per heavy atom. The summed E-state index contributed by atoms with van der Waals surface area (Å²) in [5.74, 6) is 0. The molecule has 0 atom stereocenters. The van der Waals surface area contributed by atoms with Gasteiger partial charge < -0.3 is 0 Å². The molecule has 0 aliphatic heterocycles. The molecule has 0 radical (unpaired) electrons. The van der Waals surface area contributed by atoms with Crippen LogP contribution in [0.4, 0.5) is 0 Å². The van der Waals surface area contributed by atoms with Gasteiger partial charge in [-0.25, -0.2) is 0 Å². The Hall–Kier alpha value is 1.82. The van der Waals surface area contributed by atoms with E-state index in [1.807, 2.05) is 0 Å². The van der Waals surface area contributed by atoms with E-state index in [4.69, 9.17) is 0 Å². The number of hydrogen-bond acceptors (Lipinski definition) is 0. The van der Waals surface area contributed by atoms with Crippen LogP contribution in [0.1, 0.15) is 183 Å². The van der Waals surface area contributed by atoms with Gasteiger partial charge in [0.05, 0.1) is 0 Å². The van der Waals surface area contributed by atoms with Crippen LogP contribution in [0, 0.1) is 0 Å². The third kappa shape index (κ3) is 18.6. The summed E-state index contributed by atoms with van der Waals surface area (Å²) in [4.78, 5) is 0. The molecule has 0 aromatic carbocycles. The average molecular weight is 733 g/mol. The van der Waals surface area contributed by atoms with E-state index in [9.17, 15) is 0 Å². The van der Waals surface area contributed by atoms with Gasteiger partial charge in [-0.05, 0) is 0 Å². The molecular weight excluding hydrogens is 654 g/mol. The van der Waals surface area contributed by atoms with Crippen molar-refractivity contribution in [1.82, 2.24) is 0 Å². The normalized spacial score (nSPS) is 14.6. The monoisotopic (exact) mass is 730 g/mol. The Labute approximate surface area is 272 Å². The van der Waals surface area contributed by atoms with E-state index in [1.54, 1.807) is 0 Å². The average Bonchev–Trinajstić information content (AvgIpc) is 2.96. The van der Waals surface area contributed by atoms with Crippen LogP contribution in [0.25, 0.3) is 0 Å². The first-order chi connectivity index (χ1) is 19.2. The van der Waals surface area contributed by atoms with Crippen LogP contribution in [0.15, 0.2) is 0 Å². The number of hydrogen-bond donors (Lipinski definition) is 0. The predicted octanol–water partition coefficient (Wildman–Crippen LogP) is 15.4. The fourth-order valence-electron chi connectivity index (χ4n) is 7.09. The van der Waals surface area contributed by atoms with Crippen molar-refractivity contribution < 1.29 is 0 Å². The fraction of sp³-hybridized carbons (Fsp3) is 1.00. The first-order valence-electron chi connectivity index (χ1n) is 18.6. The number of halogens is 2. The van der Waals surface area contributed by atoms with Gasteiger partial charge in [0, 0.05) is 0 Å². The molecule has 4 heteroatoms. The third-order valence-electron chi connectivity index (χ3n) is 10.1. The molecule has 0 aliphatic carbocycles. The summed E-state index contributed by atoms with van der Waals surface area (Å²) in [5.41, 5.74) is 0. The van der Waals surface area contributed by atoms with Crippen molar-refractivity contribution in [1.29, 1.82) is 0 Å². The van der Waals surface area contributed by atoms with Crippen molar-refractivity contribution in [2.75, 3.05) is 49.3 Å². The maximum atomic E-state index is 4.60. The molecule has 0 nitrogen and oxygen atoms in total. The predicted molar refractivity (Wildman–Crippen MR) is 206 cm³/mol. The van der Waals surface area contributed by atoms with Crippen LogP contribution < -0.4 is 0 Å². The minimum atomic E-state index is -1.67. The molecular formula is C36H78Br2P2. The van der Waals surface area contributed by atoms with E-state index in [0.717, 1.165) is 0 Å². The first-order valence-corrected chi connectivity index (χ1v) is 28.6. The molecule has 0 bridgehead atoms. The quantitative estimate of drug-likeness (QED) is 0.0492. The van der Waals surface area contributed by atoms with Gasteiger partial charge in [0.1, 0.15) is 0 Å². The Morgan fingerprint density at radius 2 is 0.400 bits per heavy atom. The molecule has 0 amide bonds. The second-order valence-corrected chi connectivity index (χ2v) is 37.0. The molecule has 0 rings (SSSR count). The minimum absolute atomic E-state index is 1.36. The standard InChI is InChI=1S/C36H78Br2P2/c1-7-13-29-39(37,30-14-8-2,31-15-9-3)35-27-25-23-21-19-20-22-24-26-28-36-40(38,32-16-10-4,33-17-11-5)34-18-12-6/h7-36H2,1-6H3. The Kier molecular flexibility index (Phi) is 25.2. The fourth-order valence-corrected chi connectivity index (χ4v) is 24.5. The number of rotatable bonds is 31. The molecule has 0 fully saturated rings. The topological polar surface area (TPSA) is 0 Å². The molecule has 0 unspecified atom stereocenters. The van der Waals surface area contributed by atoms with Crippen molar-refractivity contribution in [3.8, 4) is 0 Å². The van der Waals surface area contributed by atoms with Gasteiger partial charge >= 0.3 is 274 Å². The van der Waals surface area contributed by atoms with E-state index < -0.39 is 10.6 Å². The molecule has 0 aliphatic rings. The first kappa shape index (κ1) is 41.8. The summed E-state index contributed by atoms with van der Waals surface area (Å²) in [6, 6.07) is 0. The molecule has 0 aromatic heterocycles. The van der Waals surface area contributed by atoms with Crippen LogP contribution in [0.3, 0.4) is 0 Å².